The van der Waals surface area contributed by atoms with Crippen LogP contribution in [0.3, 0.4) is 0 Å². The largest absolute Gasteiger partial charge is 1.00 e. The van der Waals surface area contributed by atoms with Gasteiger partial charge in [0.2, 0.25) is 5.91 Å². The average molecular weight is 1420 g/mol. The number of rotatable bonds is 30. The van der Waals surface area contributed by atoms with Gasteiger partial charge in [0.1, 0.15) is 102 Å². The fraction of sp³-hybridized carbons (Fsp3) is 0.379. The zero-order valence-electron chi connectivity index (χ0n) is 54.8. The number of aromatic carboxylic acids is 2. The van der Waals surface area contributed by atoms with Crippen molar-refractivity contribution < 1.29 is 157 Å². The molecule has 4 amide bonds. The van der Waals surface area contributed by atoms with Crippen molar-refractivity contribution in [3.8, 4) is 11.5 Å². The molecule has 4 aromatic carbocycles. The number of aromatic nitrogens is 2. The molecule has 0 radical (unpaired) electrons. The van der Waals surface area contributed by atoms with E-state index in [-0.39, 0.29) is 137 Å². The van der Waals surface area contributed by atoms with Crippen molar-refractivity contribution in [2.24, 2.45) is 5.92 Å². The van der Waals surface area contributed by atoms with Gasteiger partial charge < -0.3 is 105 Å². The number of alkyl carbamates (subject to hydrolysis) is 1. The van der Waals surface area contributed by atoms with Gasteiger partial charge in [-0.15, -0.1) is 22.7 Å². The number of benzene rings is 4. The number of hydrogen-bond donors (Lipinski definition) is 11. The van der Waals surface area contributed by atoms with Crippen molar-refractivity contribution >= 4 is 74.6 Å². The van der Waals surface area contributed by atoms with E-state index in [9.17, 15) is 54.0 Å². The Bertz CT molecular complexity index is 3800. The third kappa shape index (κ3) is 25.5. The molecule has 8 aromatic rings. The Kier molecular flexibility index (Phi) is 35.1. The molecule has 8 atom stereocenters. The maximum atomic E-state index is 13.9. The quantitative estimate of drug-likeness (QED) is 0.0190. The van der Waals surface area contributed by atoms with Gasteiger partial charge in [-0.25, -0.2) is 14.6 Å². The fourth-order valence-electron chi connectivity index (χ4n) is 9.28. The Hall–Kier alpha value is -7.21. The number of urea groups is 1. The molecular weight excluding hydrogens is 1340 g/mol. The summed E-state index contributed by atoms with van der Waals surface area (Å²) >= 11 is 2.95. The van der Waals surface area contributed by atoms with Gasteiger partial charge in [-0.05, 0) is 60.6 Å². The molecule has 4 heterocycles. The van der Waals surface area contributed by atoms with E-state index in [1.165, 1.54) is 52.6 Å². The first-order valence-electron chi connectivity index (χ1n) is 30.0. The molecule has 0 spiro atoms. The summed E-state index contributed by atoms with van der Waals surface area (Å²) in [7, 11) is 1.68. The number of ether oxygens (including phenoxy) is 3. The molecule has 0 aliphatic rings. The molecule has 0 aliphatic heterocycles. The van der Waals surface area contributed by atoms with Gasteiger partial charge in [-0.3, -0.25) is 19.4 Å². The summed E-state index contributed by atoms with van der Waals surface area (Å²) < 4.78 is 26.7. The Morgan fingerprint density at radius 2 is 1.16 bits per heavy atom. The van der Waals surface area contributed by atoms with Gasteiger partial charge >= 0.3 is 71.2 Å². The number of aliphatic hydroxyl groups excluding tert-OH is 8. The molecule has 0 unspecified atom stereocenters. The number of carboxylic acids is 2. The first-order chi connectivity index (χ1) is 45.8. The van der Waals surface area contributed by atoms with Crippen LogP contribution < -0.4 is 106 Å². The summed E-state index contributed by atoms with van der Waals surface area (Å²) in [6.45, 7) is 6.18. The maximum absolute atomic E-state index is 13.9. The number of nitrogens with one attached hydrogen (secondary N) is 3. The van der Waals surface area contributed by atoms with Crippen molar-refractivity contribution in [3.05, 3.63) is 185 Å². The van der Waals surface area contributed by atoms with Gasteiger partial charge in [0.15, 0.2) is 22.4 Å². The Morgan fingerprint density at radius 1 is 0.653 bits per heavy atom. The minimum absolute atomic E-state index is 0. The molecule has 4 aromatic heterocycles. The minimum Gasteiger partial charge on any atom is -0.542 e. The first-order valence-corrected chi connectivity index (χ1v) is 31.8. The van der Waals surface area contributed by atoms with Crippen LogP contribution in [0.2, 0.25) is 0 Å². The molecule has 0 fully saturated rings. The first kappa shape index (κ1) is 83.2. The molecular formula is C66H76N6Na2O22S2. The van der Waals surface area contributed by atoms with Crippen molar-refractivity contribution in [1.29, 1.82) is 0 Å². The van der Waals surface area contributed by atoms with Gasteiger partial charge in [0.25, 0.3) is 0 Å². The summed E-state index contributed by atoms with van der Waals surface area (Å²) in [6.07, 6.45) is -6.77. The van der Waals surface area contributed by atoms with Gasteiger partial charge in [-0.2, -0.15) is 0 Å². The van der Waals surface area contributed by atoms with Crippen LogP contribution in [0.25, 0.3) is 21.9 Å². The third-order valence-corrected chi connectivity index (χ3v) is 16.3. The molecule has 0 saturated heterocycles. The van der Waals surface area contributed by atoms with Crippen LogP contribution in [-0.4, -0.2) is 174 Å². The van der Waals surface area contributed by atoms with E-state index in [0.717, 1.165) is 38.8 Å². The third-order valence-electron chi connectivity index (χ3n) is 14.3. The molecule has 0 aliphatic carbocycles. The van der Waals surface area contributed by atoms with E-state index >= 15 is 0 Å². The zero-order valence-corrected chi connectivity index (χ0v) is 60.4. The minimum atomic E-state index is -1.67. The summed E-state index contributed by atoms with van der Waals surface area (Å²) in [5.41, 5.74) is 2.95. The molecule has 98 heavy (non-hydrogen) atoms. The topological polar surface area (TPSA) is 447 Å². The van der Waals surface area contributed by atoms with Crippen molar-refractivity contribution in [1.82, 2.24) is 30.8 Å². The number of hydrogen-bond acceptors (Lipinski definition) is 26. The number of carbonyl (C=O) groups excluding carboxylic acids is 5. The van der Waals surface area contributed by atoms with Crippen LogP contribution in [-0.2, 0) is 35.5 Å². The molecule has 32 heteroatoms. The van der Waals surface area contributed by atoms with Crippen LogP contribution in [0.4, 0.5) is 9.59 Å². The van der Waals surface area contributed by atoms with Crippen molar-refractivity contribution in [3.63, 3.8) is 0 Å². The predicted octanol–water partition coefficient (Wildman–Crippen LogP) is -4.23. The second-order valence-electron chi connectivity index (χ2n) is 22.6. The molecule has 11 N–H and O–H groups in total. The van der Waals surface area contributed by atoms with Crippen LogP contribution in [0.1, 0.15) is 87.8 Å². The van der Waals surface area contributed by atoms with Crippen LogP contribution in [0.15, 0.2) is 145 Å². The molecule has 0 saturated carbocycles. The Balaban J connectivity index is 0.000000366. The number of amides is 4. The van der Waals surface area contributed by atoms with E-state index in [1.807, 2.05) is 79.9 Å². The van der Waals surface area contributed by atoms with Crippen molar-refractivity contribution in [2.75, 3.05) is 33.5 Å². The maximum Gasteiger partial charge on any atom is 1.00 e. The normalized spacial score (nSPS) is 13.5. The van der Waals surface area contributed by atoms with E-state index in [4.69, 9.17) is 53.7 Å². The summed E-state index contributed by atoms with van der Waals surface area (Å²) in [4.78, 5) is 97.5. The second kappa shape index (κ2) is 41.4. The molecule has 0 bridgehead atoms. The summed E-state index contributed by atoms with van der Waals surface area (Å²) in [5.74, 6) is -4.72. The zero-order chi connectivity index (χ0) is 70.2. The fourth-order valence-corrected chi connectivity index (χ4v) is 10.6. The number of carboxylic acid groups (broad SMARTS) is 2. The van der Waals surface area contributed by atoms with Crippen LogP contribution >= 0.6 is 22.7 Å². The van der Waals surface area contributed by atoms with Gasteiger partial charge in [0.05, 0.1) is 53.0 Å². The second-order valence-corrected chi connectivity index (χ2v) is 24.4. The van der Waals surface area contributed by atoms with E-state index in [1.54, 1.807) is 30.1 Å². The molecule has 516 valence electrons. The van der Waals surface area contributed by atoms with Crippen LogP contribution in [0, 0.1) is 5.92 Å². The number of nitrogens with zero attached hydrogens (tertiary/aromatic N) is 3. The number of thiazole rings is 2. The molecule has 28 nitrogen and oxygen atoms in total. The summed E-state index contributed by atoms with van der Waals surface area (Å²) in [5, 5.41) is 108. The smallest absolute Gasteiger partial charge is 0.542 e. The van der Waals surface area contributed by atoms with Crippen molar-refractivity contribution in [2.45, 2.75) is 121 Å². The summed E-state index contributed by atoms with van der Waals surface area (Å²) in [6, 6.07) is 26.9. The number of fused-ring (bicyclic) bond motifs is 2. The Morgan fingerprint density at radius 3 is 1.61 bits per heavy atom. The Labute approximate surface area is 614 Å². The SMILES string of the molecule is CC(C)c1nc(CN(C)C(=O)N[C@H](C(=O)N[C@@H](Cc2ccccc2)C[C@H](O)[C@H](Cc2ccccc2)NC(=O)OCc2cncs2)C(C)C)cs1.O=C([O-])c1cc(=O)c2c(OCC(O)COc3cccc4oc(C(=O)[O-])cc(=O)c34)cccc2o1.OC[C@@H](O)[C@@H](O)[C@H](O)[C@H](O)CO.[Na+].[Na+]. The molecule has 8 rings (SSSR count). The predicted molar refractivity (Wildman–Crippen MR) is 346 cm³/mol. The van der Waals surface area contributed by atoms with E-state index in [2.05, 4.69) is 39.8 Å². The average Bonchev–Trinajstić information content (AvgIpc) is 1.09. The number of aliphatic hydroxyl groups is 8. The standard InChI is InChI=1S/C37H48N6O5S2.C23H16O11.C6H14O6.2Na/c1-24(2)33(42-36(46)43(5)20-29-22-49-35(40-29)25(3)4)34(45)39-28(16-26-12-8-6-9-13-26)18-32(44)31(17-27-14-10-7-11-15-27)41-37(47)48-21-30-19-38-23-50-30;24-11(9-31-14-3-1-5-16-20(14)12(25)7-18(33-16)22(27)28)10-32-15-4-2-6-17-21(15)13(26)8-19(34-17)23(29)30;7-1-3(9)5(11)6(12)4(10)2-8;;/h6-15,19,22-25,28,31-33,44H,16-18,20-21H2,1-5H3,(H,39,45)(H,41,47)(H,42,46);1-8,11,24H,9-10H2,(H,27,28)(H,29,30);3-12H,1-2H2;;/q;;;2*+1/p-2/t28-,31-,32-,33-;;3-,4-,5-,6-;;/m0.1../s1. The monoisotopic (exact) mass is 1410 g/mol. The van der Waals surface area contributed by atoms with Gasteiger partial charge in [0, 0.05) is 42.7 Å². The van der Waals surface area contributed by atoms with E-state index in [0.29, 0.717) is 25.3 Å². The van der Waals surface area contributed by atoms with Crippen LogP contribution in [0.5, 0.6) is 11.5 Å². The van der Waals surface area contributed by atoms with E-state index < -0.39 is 108 Å². The number of carbonyl (C=O) groups is 5. The van der Waals surface area contributed by atoms with Gasteiger partial charge in [-0.1, -0.05) is 100 Å².